The Balaban J connectivity index is 1.52. The van der Waals surface area contributed by atoms with Crippen LogP contribution in [0.1, 0.15) is 43.4 Å². The minimum Gasteiger partial charge on any atom is -0.369 e. The Morgan fingerprint density at radius 2 is 1.88 bits per heavy atom. The van der Waals surface area contributed by atoms with Gasteiger partial charge >= 0.3 is 0 Å². The van der Waals surface area contributed by atoms with Gasteiger partial charge in [-0.2, -0.15) is 0 Å². The minimum atomic E-state index is -0.179. The number of guanidine groups is 1. The standard InChI is InChI=1S/C26H37N5O/c1-26(2,23-12-5-4-6-13-23)19-30-25(28-3)29-16-20-9-7-10-21(15-20)17-31-14-8-11-22(18-31)24(27)32/h4-7,9-10,12-13,15,22H,8,11,14,16-19H2,1-3H3,(H2,27,32)(H2,28,29,30). The van der Waals surface area contributed by atoms with Crippen molar-refractivity contribution >= 4 is 11.9 Å². The van der Waals surface area contributed by atoms with Gasteiger partial charge in [-0.05, 0) is 36.1 Å². The van der Waals surface area contributed by atoms with Crippen molar-refractivity contribution in [3.8, 4) is 0 Å². The van der Waals surface area contributed by atoms with Crippen molar-refractivity contribution in [2.24, 2.45) is 16.6 Å². The predicted octanol–water partition coefficient (Wildman–Crippen LogP) is 3.03. The van der Waals surface area contributed by atoms with Crippen LogP contribution in [0.4, 0.5) is 0 Å². The Kier molecular flexibility index (Phi) is 8.28. The van der Waals surface area contributed by atoms with Crippen molar-refractivity contribution in [3.63, 3.8) is 0 Å². The summed E-state index contributed by atoms with van der Waals surface area (Å²) >= 11 is 0. The van der Waals surface area contributed by atoms with Gasteiger partial charge in [0.1, 0.15) is 0 Å². The maximum absolute atomic E-state index is 11.5. The second-order valence-electron chi connectivity index (χ2n) is 9.33. The van der Waals surface area contributed by atoms with E-state index in [1.54, 1.807) is 7.05 Å². The van der Waals surface area contributed by atoms with Crippen molar-refractivity contribution in [2.75, 3.05) is 26.7 Å². The Bertz CT molecular complexity index is 909. The fourth-order valence-electron chi connectivity index (χ4n) is 4.23. The molecule has 2 aromatic carbocycles. The van der Waals surface area contributed by atoms with E-state index < -0.39 is 0 Å². The average Bonchev–Trinajstić information content (AvgIpc) is 2.80. The van der Waals surface area contributed by atoms with Crippen LogP contribution in [-0.2, 0) is 23.3 Å². The number of benzene rings is 2. The number of nitrogens with two attached hydrogens (primary N) is 1. The summed E-state index contributed by atoms with van der Waals surface area (Å²) in [7, 11) is 1.80. The summed E-state index contributed by atoms with van der Waals surface area (Å²) in [6, 6.07) is 19.1. The van der Waals surface area contributed by atoms with E-state index in [4.69, 9.17) is 5.73 Å². The van der Waals surface area contributed by atoms with E-state index in [-0.39, 0.29) is 17.2 Å². The summed E-state index contributed by atoms with van der Waals surface area (Å²) in [5.41, 5.74) is 9.27. The molecule has 6 heteroatoms. The van der Waals surface area contributed by atoms with Crippen molar-refractivity contribution in [1.29, 1.82) is 0 Å². The third-order valence-corrected chi connectivity index (χ3v) is 6.24. The van der Waals surface area contributed by atoms with Crippen molar-refractivity contribution in [3.05, 3.63) is 71.3 Å². The molecule has 0 aliphatic carbocycles. The Hall–Kier alpha value is -2.86. The highest BCUT2D eigenvalue weighted by molar-refractivity contribution is 5.79. The first-order valence-corrected chi connectivity index (χ1v) is 11.5. The van der Waals surface area contributed by atoms with Crippen molar-refractivity contribution < 1.29 is 4.79 Å². The number of carbonyl (C=O) groups excluding carboxylic acids is 1. The van der Waals surface area contributed by atoms with Gasteiger partial charge in [-0.15, -0.1) is 0 Å². The number of primary amides is 1. The lowest BCUT2D eigenvalue weighted by molar-refractivity contribution is -0.123. The number of hydrogen-bond acceptors (Lipinski definition) is 3. The molecule has 1 saturated heterocycles. The fraction of sp³-hybridized carbons (Fsp3) is 0.462. The van der Waals surface area contributed by atoms with Crippen molar-refractivity contribution in [1.82, 2.24) is 15.5 Å². The number of piperidine rings is 1. The van der Waals surface area contributed by atoms with Gasteiger partial charge in [-0.25, -0.2) is 0 Å². The van der Waals surface area contributed by atoms with E-state index in [1.807, 2.05) is 6.07 Å². The summed E-state index contributed by atoms with van der Waals surface area (Å²) in [5.74, 6) is 0.588. The van der Waals surface area contributed by atoms with Gasteiger partial charge in [0.25, 0.3) is 0 Å². The highest BCUT2D eigenvalue weighted by Gasteiger charge is 2.24. The first-order valence-electron chi connectivity index (χ1n) is 11.5. The van der Waals surface area contributed by atoms with Gasteiger partial charge < -0.3 is 16.4 Å². The molecule has 1 unspecified atom stereocenters. The SMILES string of the molecule is CN=C(NCc1cccc(CN2CCCC(C(N)=O)C2)c1)NCC(C)(C)c1ccccc1. The summed E-state index contributed by atoms with van der Waals surface area (Å²) in [6.07, 6.45) is 1.93. The zero-order valence-corrected chi connectivity index (χ0v) is 19.6. The third-order valence-electron chi connectivity index (χ3n) is 6.24. The van der Waals surface area contributed by atoms with E-state index in [9.17, 15) is 4.79 Å². The van der Waals surface area contributed by atoms with Crippen LogP contribution in [0.25, 0.3) is 0 Å². The number of nitrogens with one attached hydrogen (secondary N) is 2. The molecule has 2 aromatic rings. The molecule has 0 radical (unpaired) electrons. The van der Waals surface area contributed by atoms with Crippen LogP contribution in [0.15, 0.2) is 59.6 Å². The van der Waals surface area contributed by atoms with Crippen LogP contribution in [0.5, 0.6) is 0 Å². The molecular weight excluding hydrogens is 398 g/mol. The molecule has 32 heavy (non-hydrogen) atoms. The van der Waals surface area contributed by atoms with Gasteiger partial charge in [0.2, 0.25) is 5.91 Å². The van der Waals surface area contributed by atoms with E-state index in [1.165, 1.54) is 16.7 Å². The molecule has 1 aliphatic rings. The molecule has 4 N–H and O–H groups in total. The largest absolute Gasteiger partial charge is 0.369 e. The third kappa shape index (κ3) is 6.82. The maximum Gasteiger partial charge on any atom is 0.221 e. The van der Waals surface area contributed by atoms with Gasteiger partial charge in [0, 0.05) is 38.6 Å². The zero-order chi connectivity index (χ0) is 23.0. The molecule has 6 nitrogen and oxygen atoms in total. The van der Waals surface area contributed by atoms with Crippen LogP contribution in [0.3, 0.4) is 0 Å². The van der Waals surface area contributed by atoms with E-state index >= 15 is 0 Å². The van der Waals surface area contributed by atoms with E-state index in [0.717, 1.165) is 45.0 Å². The smallest absolute Gasteiger partial charge is 0.221 e. The number of nitrogens with zero attached hydrogens (tertiary/aromatic N) is 2. The molecule has 0 bridgehead atoms. The van der Waals surface area contributed by atoms with E-state index in [2.05, 4.69) is 82.9 Å². The van der Waals surface area contributed by atoms with Crippen LogP contribution in [0.2, 0.25) is 0 Å². The molecule has 1 fully saturated rings. The lowest BCUT2D eigenvalue weighted by Gasteiger charge is -2.31. The quantitative estimate of drug-likeness (QED) is 0.440. The Morgan fingerprint density at radius 3 is 2.59 bits per heavy atom. The number of aliphatic imine (C=N–C) groups is 1. The molecule has 0 saturated carbocycles. The molecule has 3 rings (SSSR count). The summed E-state index contributed by atoms with van der Waals surface area (Å²) in [6.45, 7) is 8.56. The molecule has 1 heterocycles. The summed E-state index contributed by atoms with van der Waals surface area (Å²) in [5, 5.41) is 6.89. The van der Waals surface area contributed by atoms with Gasteiger partial charge in [-0.3, -0.25) is 14.7 Å². The number of hydrogen-bond donors (Lipinski definition) is 3. The highest BCUT2D eigenvalue weighted by Crippen LogP contribution is 2.22. The lowest BCUT2D eigenvalue weighted by atomic mass is 9.85. The molecule has 0 aromatic heterocycles. The average molecular weight is 436 g/mol. The van der Waals surface area contributed by atoms with Crippen LogP contribution in [-0.4, -0.2) is 43.4 Å². The number of rotatable bonds is 8. The highest BCUT2D eigenvalue weighted by atomic mass is 16.1. The summed E-state index contributed by atoms with van der Waals surface area (Å²) < 4.78 is 0. The summed E-state index contributed by atoms with van der Waals surface area (Å²) in [4.78, 5) is 18.3. The second kappa shape index (κ2) is 11.1. The lowest BCUT2D eigenvalue weighted by Crippen LogP contribution is -2.43. The monoisotopic (exact) mass is 435 g/mol. The van der Waals surface area contributed by atoms with Crippen LogP contribution >= 0.6 is 0 Å². The van der Waals surface area contributed by atoms with Crippen LogP contribution in [0, 0.1) is 5.92 Å². The fourth-order valence-corrected chi connectivity index (χ4v) is 4.23. The Morgan fingerprint density at radius 1 is 1.12 bits per heavy atom. The van der Waals surface area contributed by atoms with Gasteiger partial charge in [-0.1, -0.05) is 68.4 Å². The van der Waals surface area contributed by atoms with E-state index in [0.29, 0.717) is 6.54 Å². The number of carbonyl (C=O) groups is 1. The maximum atomic E-state index is 11.5. The second-order valence-corrected chi connectivity index (χ2v) is 9.33. The first kappa shape index (κ1) is 23.8. The van der Waals surface area contributed by atoms with Crippen LogP contribution < -0.4 is 16.4 Å². The predicted molar refractivity (Wildman–Crippen MR) is 131 cm³/mol. The molecule has 0 spiro atoms. The van der Waals surface area contributed by atoms with Crippen molar-refractivity contribution in [2.45, 2.75) is 45.2 Å². The Labute approximate surface area is 192 Å². The molecule has 172 valence electrons. The number of amides is 1. The number of likely N-dealkylation sites (tertiary alicyclic amines) is 1. The molecule has 1 atom stereocenters. The molecule has 1 amide bonds. The normalized spacial score (nSPS) is 17.7. The molecular formula is C26H37N5O. The van der Waals surface area contributed by atoms with Gasteiger partial charge in [0.15, 0.2) is 5.96 Å². The first-order chi connectivity index (χ1) is 15.4. The van der Waals surface area contributed by atoms with Gasteiger partial charge in [0.05, 0.1) is 5.92 Å². The topological polar surface area (TPSA) is 82.8 Å². The zero-order valence-electron chi connectivity index (χ0n) is 19.6. The molecule has 1 aliphatic heterocycles. The minimum absolute atomic E-state index is 0.00396.